The van der Waals surface area contributed by atoms with E-state index in [0.29, 0.717) is 16.8 Å². The van der Waals surface area contributed by atoms with Crippen LogP contribution in [0.1, 0.15) is 42.9 Å². The maximum absolute atomic E-state index is 12.6. The van der Waals surface area contributed by atoms with E-state index in [1.165, 1.54) is 0 Å². The molecule has 23 heavy (non-hydrogen) atoms. The van der Waals surface area contributed by atoms with Gasteiger partial charge in [-0.2, -0.15) is 5.10 Å². The third kappa shape index (κ3) is 3.87. The second kappa shape index (κ2) is 8.13. The van der Waals surface area contributed by atoms with Gasteiger partial charge in [-0.3, -0.25) is 9.48 Å². The summed E-state index contributed by atoms with van der Waals surface area (Å²) in [4.78, 5) is 16.7. The van der Waals surface area contributed by atoms with Crippen LogP contribution in [0.15, 0.2) is 0 Å². The van der Waals surface area contributed by atoms with E-state index in [1.54, 1.807) is 0 Å². The van der Waals surface area contributed by atoms with E-state index in [9.17, 15) is 4.79 Å². The number of carbonyl (C=O) groups excluding carboxylic acids is 1. The van der Waals surface area contributed by atoms with Gasteiger partial charge >= 0.3 is 0 Å². The Hall–Kier alpha value is -1.11. The number of aryl methyl sites for hydroxylation is 1. The third-order valence-corrected chi connectivity index (χ3v) is 4.81. The highest BCUT2D eigenvalue weighted by Crippen LogP contribution is 2.26. The molecule has 1 amide bonds. The van der Waals surface area contributed by atoms with Crippen LogP contribution in [0, 0.1) is 0 Å². The molecule has 0 saturated carbocycles. The smallest absolute Gasteiger partial charge is 0.275 e. The van der Waals surface area contributed by atoms with Crippen LogP contribution in [-0.4, -0.2) is 65.3 Å². The number of nitrogens with one attached hydrogen (secondary N) is 1. The topological polar surface area (TPSA) is 53.4 Å². The van der Waals surface area contributed by atoms with E-state index in [4.69, 9.17) is 11.6 Å². The zero-order chi connectivity index (χ0) is 17.0. The molecule has 0 spiro atoms. The first-order valence-corrected chi connectivity index (χ1v) is 8.88. The van der Waals surface area contributed by atoms with Crippen LogP contribution < -0.4 is 5.32 Å². The van der Waals surface area contributed by atoms with Gasteiger partial charge in [-0.05, 0) is 26.9 Å². The largest absolute Gasteiger partial charge is 0.336 e. The van der Waals surface area contributed by atoms with Gasteiger partial charge in [0, 0.05) is 38.8 Å². The fourth-order valence-electron chi connectivity index (χ4n) is 3.10. The fourth-order valence-corrected chi connectivity index (χ4v) is 3.38. The van der Waals surface area contributed by atoms with Crippen molar-refractivity contribution >= 4 is 17.5 Å². The molecule has 0 aliphatic carbocycles. The quantitative estimate of drug-likeness (QED) is 0.891. The minimum atomic E-state index is -0.0408. The average molecular weight is 342 g/mol. The van der Waals surface area contributed by atoms with Crippen molar-refractivity contribution in [2.75, 3.05) is 33.7 Å². The molecule has 1 N–H and O–H groups in total. The van der Waals surface area contributed by atoms with Gasteiger partial charge in [0.1, 0.15) is 0 Å². The normalized spacial score (nSPS) is 21.4. The summed E-state index contributed by atoms with van der Waals surface area (Å²) in [5.74, 6) is -0.0408. The van der Waals surface area contributed by atoms with Crippen molar-refractivity contribution in [2.24, 2.45) is 0 Å². The molecule has 2 aliphatic rings. The highest BCUT2D eigenvalue weighted by molar-refractivity contribution is 6.34. The Balaban J connectivity index is 0.000000924. The van der Waals surface area contributed by atoms with Crippen molar-refractivity contribution in [3.05, 3.63) is 16.4 Å². The monoisotopic (exact) mass is 341 g/mol. The van der Waals surface area contributed by atoms with Gasteiger partial charge < -0.3 is 15.1 Å². The van der Waals surface area contributed by atoms with Crippen molar-refractivity contribution in [2.45, 2.75) is 45.8 Å². The number of rotatable bonds is 2. The van der Waals surface area contributed by atoms with Crippen molar-refractivity contribution in [3.63, 3.8) is 0 Å². The van der Waals surface area contributed by atoms with Gasteiger partial charge in [0.05, 0.1) is 10.7 Å². The van der Waals surface area contributed by atoms with Crippen LogP contribution in [0.3, 0.4) is 0 Å². The lowest BCUT2D eigenvalue weighted by atomic mass is 10.3. The molecule has 1 saturated heterocycles. The average Bonchev–Trinajstić information content (AvgIpc) is 3.11. The number of fused-ring (bicyclic) bond motifs is 1. The zero-order valence-corrected chi connectivity index (χ0v) is 15.4. The standard InChI is InChI=1S/C14H22ClN5O.C2H6/c1-16-10-4-7-19(8-10)14(21)13-12(15)11-9-18(2)5-3-6-20(11)17-13;1-2/h10,16H,3-9H2,1-2H3;1-2H3. The molecule has 3 heterocycles. The molecule has 0 radical (unpaired) electrons. The van der Waals surface area contributed by atoms with Crippen molar-refractivity contribution in [1.29, 1.82) is 0 Å². The summed E-state index contributed by atoms with van der Waals surface area (Å²) in [5, 5.41) is 8.23. The number of aromatic nitrogens is 2. The first-order chi connectivity index (χ1) is 11.1. The number of nitrogens with zero attached hydrogens (tertiary/aromatic N) is 4. The van der Waals surface area contributed by atoms with Gasteiger partial charge in [0.15, 0.2) is 5.69 Å². The first-order valence-electron chi connectivity index (χ1n) is 8.50. The second-order valence-electron chi connectivity index (χ2n) is 5.95. The highest BCUT2D eigenvalue weighted by Gasteiger charge is 2.31. The maximum Gasteiger partial charge on any atom is 0.275 e. The van der Waals surface area contributed by atoms with E-state index in [0.717, 1.165) is 51.3 Å². The Bertz CT molecular complexity index is 545. The third-order valence-electron chi connectivity index (χ3n) is 4.41. The fraction of sp³-hybridized carbons (Fsp3) is 0.750. The lowest BCUT2D eigenvalue weighted by Gasteiger charge is -2.15. The van der Waals surface area contributed by atoms with E-state index in [1.807, 2.05) is 30.5 Å². The number of likely N-dealkylation sites (tertiary alicyclic amines) is 1. The van der Waals surface area contributed by atoms with Crippen molar-refractivity contribution < 1.29 is 4.79 Å². The number of carbonyl (C=O) groups is 1. The molecule has 1 aromatic heterocycles. The lowest BCUT2D eigenvalue weighted by molar-refractivity contribution is 0.0783. The molecule has 1 unspecified atom stereocenters. The number of amides is 1. The van der Waals surface area contributed by atoms with Crippen LogP contribution in [0.25, 0.3) is 0 Å². The Kier molecular flexibility index (Phi) is 6.44. The molecule has 0 aromatic carbocycles. The molecule has 0 bridgehead atoms. The summed E-state index contributed by atoms with van der Waals surface area (Å²) in [6.45, 7) is 8.10. The zero-order valence-electron chi connectivity index (χ0n) is 14.6. The van der Waals surface area contributed by atoms with Gasteiger partial charge in [-0.25, -0.2) is 0 Å². The van der Waals surface area contributed by atoms with Crippen LogP contribution >= 0.6 is 11.6 Å². The summed E-state index contributed by atoms with van der Waals surface area (Å²) < 4.78 is 1.91. The summed E-state index contributed by atoms with van der Waals surface area (Å²) in [6.07, 6.45) is 2.01. The number of hydrogen-bond donors (Lipinski definition) is 1. The van der Waals surface area contributed by atoms with Gasteiger partial charge in [0.25, 0.3) is 5.91 Å². The molecule has 3 rings (SSSR count). The number of halogens is 1. The Morgan fingerprint density at radius 1 is 1.30 bits per heavy atom. The summed E-state index contributed by atoms with van der Waals surface area (Å²) in [7, 11) is 4.00. The molecule has 6 nitrogen and oxygen atoms in total. The molecule has 7 heteroatoms. The highest BCUT2D eigenvalue weighted by atomic mass is 35.5. The van der Waals surface area contributed by atoms with E-state index in [2.05, 4.69) is 22.4 Å². The van der Waals surface area contributed by atoms with E-state index < -0.39 is 0 Å². The van der Waals surface area contributed by atoms with Crippen molar-refractivity contribution in [3.8, 4) is 0 Å². The molecule has 1 aromatic rings. The van der Waals surface area contributed by atoms with E-state index in [-0.39, 0.29) is 5.91 Å². The summed E-state index contributed by atoms with van der Waals surface area (Å²) >= 11 is 6.45. The predicted octanol–water partition coefficient (Wildman–Crippen LogP) is 1.83. The Labute approximate surface area is 143 Å². The van der Waals surface area contributed by atoms with Crippen LogP contribution in [0.4, 0.5) is 0 Å². The van der Waals surface area contributed by atoms with Crippen LogP contribution in [0.5, 0.6) is 0 Å². The predicted molar refractivity (Wildman–Crippen MR) is 92.9 cm³/mol. The molecule has 2 aliphatic heterocycles. The second-order valence-corrected chi connectivity index (χ2v) is 6.33. The molecule has 1 atom stereocenters. The first kappa shape index (κ1) is 18.2. The molecular weight excluding hydrogens is 314 g/mol. The summed E-state index contributed by atoms with van der Waals surface area (Å²) in [5.41, 5.74) is 1.38. The van der Waals surface area contributed by atoms with Crippen LogP contribution in [0.2, 0.25) is 5.02 Å². The molecular formula is C16H28ClN5O. The molecule has 1 fully saturated rings. The minimum Gasteiger partial charge on any atom is -0.336 e. The van der Waals surface area contributed by atoms with Gasteiger partial charge in [-0.15, -0.1) is 0 Å². The van der Waals surface area contributed by atoms with Gasteiger partial charge in [0.2, 0.25) is 0 Å². The number of hydrogen-bond acceptors (Lipinski definition) is 4. The minimum absolute atomic E-state index is 0.0408. The molecule has 130 valence electrons. The van der Waals surface area contributed by atoms with Crippen LogP contribution in [-0.2, 0) is 13.1 Å². The Morgan fingerprint density at radius 2 is 2.04 bits per heavy atom. The summed E-state index contributed by atoms with van der Waals surface area (Å²) in [6, 6.07) is 0.374. The van der Waals surface area contributed by atoms with Crippen molar-refractivity contribution in [1.82, 2.24) is 24.9 Å². The maximum atomic E-state index is 12.6. The SMILES string of the molecule is CC.CNC1CCN(C(=O)c2nn3c(c2Cl)CN(C)CCC3)C1. The lowest BCUT2D eigenvalue weighted by Crippen LogP contribution is -2.33. The Morgan fingerprint density at radius 3 is 2.70 bits per heavy atom. The number of likely N-dealkylation sites (N-methyl/N-ethyl adjacent to an activating group) is 1. The van der Waals surface area contributed by atoms with E-state index >= 15 is 0 Å². The van der Waals surface area contributed by atoms with Gasteiger partial charge in [-0.1, -0.05) is 25.4 Å².